The van der Waals surface area contributed by atoms with E-state index in [1.165, 1.54) is 12.8 Å². The van der Waals surface area contributed by atoms with Gasteiger partial charge in [0, 0.05) is 25.2 Å². The van der Waals surface area contributed by atoms with Crippen LogP contribution in [0, 0.1) is 10.1 Å². The summed E-state index contributed by atoms with van der Waals surface area (Å²) in [5, 5.41) is 14.1. The summed E-state index contributed by atoms with van der Waals surface area (Å²) in [6, 6.07) is 0.887. The molecule has 9 heteroatoms. The Kier molecular flexibility index (Phi) is 3.36. The SMILES string of the molecule is NNc1ncc([N+](=O)[O-])c(NC2CCN(C3CC3)C2)n1. The summed E-state index contributed by atoms with van der Waals surface area (Å²) in [7, 11) is 0. The van der Waals surface area contributed by atoms with Crippen LogP contribution in [0.15, 0.2) is 6.20 Å². The molecular formula is C11H17N7O2. The molecule has 1 unspecified atom stereocenters. The van der Waals surface area contributed by atoms with E-state index in [4.69, 9.17) is 5.84 Å². The molecule has 1 aromatic rings. The van der Waals surface area contributed by atoms with E-state index in [0.717, 1.165) is 25.7 Å². The minimum Gasteiger partial charge on any atom is -0.360 e. The van der Waals surface area contributed by atoms with Crippen LogP contribution in [-0.2, 0) is 0 Å². The lowest BCUT2D eigenvalue weighted by Crippen LogP contribution is -2.28. The zero-order valence-electron chi connectivity index (χ0n) is 11.0. The molecular weight excluding hydrogens is 262 g/mol. The maximum atomic E-state index is 11.0. The van der Waals surface area contributed by atoms with Gasteiger partial charge in [-0.2, -0.15) is 4.98 Å². The van der Waals surface area contributed by atoms with Crippen molar-refractivity contribution in [3.63, 3.8) is 0 Å². The highest BCUT2D eigenvalue weighted by molar-refractivity contribution is 5.57. The van der Waals surface area contributed by atoms with Crippen molar-refractivity contribution < 1.29 is 4.92 Å². The number of nitrogens with two attached hydrogens (primary N) is 1. The van der Waals surface area contributed by atoms with Gasteiger partial charge < -0.3 is 5.32 Å². The molecule has 108 valence electrons. The fourth-order valence-electron chi connectivity index (χ4n) is 2.55. The van der Waals surface area contributed by atoms with Gasteiger partial charge in [-0.25, -0.2) is 10.8 Å². The first-order valence-electron chi connectivity index (χ1n) is 6.66. The molecule has 2 aliphatic rings. The van der Waals surface area contributed by atoms with Crippen LogP contribution in [0.4, 0.5) is 17.5 Å². The van der Waals surface area contributed by atoms with Crippen molar-refractivity contribution in [3.8, 4) is 0 Å². The Morgan fingerprint density at radius 3 is 2.90 bits per heavy atom. The maximum Gasteiger partial charge on any atom is 0.329 e. The van der Waals surface area contributed by atoms with E-state index >= 15 is 0 Å². The molecule has 1 saturated carbocycles. The Hall–Kier alpha value is -2.00. The van der Waals surface area contributed by atoms with Crippen molar-refractivity contribution in [2.24, 2.45) is 5.84 Å². The third-order valence-electron chi connectivity index (χ3n) is 3.72. The standard InChI is InChI=1S/C11H17N7O2/c12-16-11-13-5-9(18(19)20)10(15-11)14-7-3-4-17(6-7)8-1-2-8/h5,7-8H,1-4,6,12H2,(H2,13,14,15,16). The van der Waals surface area contributed by atoms with Crippen molar-refractivity contribution in [1.82, 2.24) is 14.9 Å². The van der Waals surface area contributed by atoms with Gasteiger partial charge in [0.15, 0.2) is 0 Å². The van der Waals surface area contributed by atoms with Crippen molar-refractivity contribution >= 4 is 17.5 Å². The lowest BCUT2D eigenvalue weighted by atomic mass is 10.2. The van der Waals surface area contributed by atoms with E-state index in [1.54, 1.807) is 0 Å². The van der Waals surface area contributed by atoms with Crippen molar-refractivity contribution in [2.75, 3.05) is 23.8 Å². The molecule has 0 aromatic carbocycles. The third kappa shape index (κ3) is 2.63. The van der Waals surface area contributed by atoms with Crippen LogP contribution in [0.2, 0.25) is 0 Å². The van der Waals surface area contributed by atoms with Gasteiger partial charge in [0.25, 0.3) is 0 Å². The Balaban J connectivity index is 1.73. The Labute approximate surface area is 115 Å². The second-order valence-electron chi connectivity index (χ2n) is 5.18. The van der Waals surface area contributed by atoms with E-state index in [-0.39, 0.29) is 23.5 Å². The molecule has 9 nitrogen and oxygen atoms in total. The number of likely N-dealkylation sites (tertiary alicyclic amines) is 1. The predicted octanol–water partition coefficient (Wildman–Crippen LogP) is 0.319. The van der Waals surface area contributed by atoms with Gasteiger partial charge in [0.1, 0.15) is 6.20 Å². The minimum absolute atomic E-state index is 0.131. The highest BCUT2D eigenvalue weighted by Crippen LogP contribution is 2.31. The van der Waals surface area contributed by atoms with Crippen LogP contribution in [0.25, 0.3) is 0 Å². The number of nitro groups is 1. The molecule has 0 bridgehead atoms. The Morgan fingerprint density at radius 1 is 1.45 bits per heavy atom. The second kappa shape index (κ2) is 5.17. The van der Waals surface area contributed by atoms with Gasteiger partial charge in [0.2, 0.25) is 11.8 Å². The Morgan fingerprint density at radius 2 is 2.25 bits per heavy atom. The van der Waals surface area contributed by atoms with Crippen molar-refractivity contribution in [3.05, 3.63) is 16.3 Å². The van der Waals surface area contributed by atoms with Gasteiger partial charge in [0.05, 0.1) is 4.92 Å². The van der Waals surface area contributed by atoms with Gasteiger partial charge >= 0.3 is 5.69 Å². The summed E-state index contributed by atoms with van der Waals surface area (Å²) in [5.41, 5.74) is 2.17. The van der Waals surface area contributed by atoms with Gasteiger partial charge in [-0.3, -0.25) is 20.4 Å². The van der Waals surface area contributed by atoms with Crippen LogP contribution in [0.1, 0.15) is 19.3 Å². The zero-order chi connectivity index (χ0) is 14.1. The van der Waals surface area contributed by atoms with E-state index in [1.807, 2.05) is 0 Å². The molecule has 1 aromatic heterocycles. The lowest BCUT2D eigenvalue weighted by molar-refractivity contribution is -0.384. The molecule has 1 aliphatic carbocycles. The fourth-order valence-corrected chi connectivity index (χ4v) is 2.55. The average Bonchev–Trinajstić information content (AvgIpc) is 3.19. The van der Waals surface area contributed by atoms with Crippen LogP contribution < -0.4 is 16.6 Å². The average molecular weight is 279 g/mol. The first-order valence-corrected chi connectivity index (χ1v) is 6.66. The Bertz CT molecular complexity index is 519. The number of anilines is 2. The first kappa shape index (κ1) is 13.0. The quantitative estimate of drug-likeness (QED) is 0.400. The number of nitrogen functional groups attached to an aromatic ring is 1. The third-order valence-corrected chi connectivity index (χ3v) is 3.72. The number of hydrogen-bond donors (Lipinski definition) is 3. The van der Waals surface area contributed by atoms with E-state index in [2.05, 4.69) is 25.6 Å². The number of hydrazine groups is 1. The van der Waals surface area contributed by atoms with Gasteiger partial charge in [-0.15, -0.1) is 0 Å². The molecule has 3 rings (SSSR count). The van der Waals surface area contributed by atoms with E-state index in [9.17, 15) is 10.1 Å². The van der Waals surface area contributed by atoms with Crippen LogP contribution >= 0.6 is 0 Å². The summed E-state index contributed by atoms with van der Waals surface area (Å²) >= 11 is 0. The molecule has 20 heavy (non-hydrogen) atoms. The normalized spacial score (nSPS) is 22.8. The summed E-state index contributed by atoms with van der Waals surface area (Å²) in [4.78, 5) is 20.7. The first-order chi connectivity index (χ1) is 9.67. The zero-order valence-corrected chi connectivity index (χ0v) is 11.0. The highest BCUT2D eigenvalue weighted by atomic mass is 16.6. The van der Waals surface area contributed by atoms with Crippen molar-refractivity contribution in [2.45, 2.75) is 31.3 Å². The minimum atomic E-state index is -0.490. The van der Waals surface area contributed by atoms with E-state index < -0.39 is 4.92 Å². The van der Waals surface area contributed by atoms with Crippen molar-refractivity contribution in [1.29, 1.82) is 0 Å². The van der Waals surface area contributed by atoms with E-state index in [0.29, 0.717) is 6.04 Å². The predicted molar refractivity (Wildman–Crippen MR) is 73.1 cm³/mol. The number of aromatic nitrogens is 2. The van der Waals surface area contributed by atoms with Crippen LogP contribution in [0.5, 0.6) is 0 Å². The summed E-state index contributed by atoms with van der Waals surface area (Å²) in [6.45, 7) is 1.93. The van der Waals surface area contributed by atoms with Crippen LogP contribution in [0.3, 0.4) is 0 Å². The second-order valence-corrected chi connectivity index (χ2v) is 5.18. The largest absolute Gasteiger partial charge is 0.360 e. The van der Waals surface area contributed by atoms with Gasteiger partial charge in [-0.1, -0.05) is 0 Å². The molecule has 0 spiro atoms. The topological polar surface area (TPSA) is 122 Å². The number of nitrogens with zero attached hydrogens (tertiary/aromatic N) is 4. The molecule has 1 atom stereocenters. The smallest absolute Gasteiger partial charge is 0.329 e. The molecule has 2 heterocycles. The van der Waals surface area contributed by atoms with Gasteiger partial charge in [-0.05, 0) is 19.3 Å². The van der Waals surface area contributed by atoms with Crippen LogP contribution in [-0.4, -0.2) is 45.0 Å². The maximum absolute atomic E-state index is 11.0. The molecule has 2 fully saturated rings. The molecule has 4 N–H and O–H groups in total. The highest BCUT2D eigenvalue weighted by Gasteiger charge is 2.35. The number of rotatable bonds is 5. The summed E-state index contributed by atoms with van der Waals surface area (Å²) in [5.74, 6) is 5.63. The fraction of sp³-hybridized carbons (Fsp3) is 0.636. The molecule has 0 amide bonds. The summed E-state index contributed by atoms with van der Waals surface area (Å²) in [6.07, 6.45) is 4.66. The monoisotopic (exact) mass is 279 g/mol. The molecule has 1 aliphatic heterocycles. The number of nitrogens with one attached hydrogen (secondary N) is 2. The molecule has 0 radical (unpaired) electrons. The summed E-state index contributed by atoms with van der Waals surface area (Å²) < 4.78 is 0. The lowest BCUT2D eigenvalue weighted by Gasteiger charge is -2.16. The molecule has 1 saturated heterocycles. The number of hydrogen-bond acceptors (Lipinski definition) is 8.